The van der Waals surface area contributed by atoms with Crippen LogP contribution in [0.25, 0.3) is 0 Å². The molecule has 2 heterocycles. The van der Waals surface area contributed by atoms with Crippen molar-refractivity contribution in [3.63, 3.8) is 0 Å². The third-order valence-electron chi connectivity index (χ3n) is 4.21. The third kappa shape index (κ3) is 4.32. The Hall–Kier alpha value is -2.50. The summed E-state index contributed by atoms with van der Waals surface area (Å²) in [6.07, 6.45) is 0.847. The zero-order valence-corrected chi connectivity index (χ0v) is 15.0. The molecule has 0 aliphatic carbocycles. The Bertz CT molecular complexity index is 754. The number of amides is 1. The SMILES string of the molecule is Cc1cc(C)n(CC(C)CNC(=O)c2ccc3c(c2)OCCCO3)n1. The number of ether oxygens (including phenoxy) is 2. The summed E-state index contributed by atoms with van der Waals surface area (Å²) < 4.78 is 13.2. The molecule has 1 N–H and O–H groups in total. The number of hydrogen-bond acceptors (Lipinski definition) is 4. The van der Waals surface area contributed by atoms with Gasteiger partial charge in [0.15, 0.2) is 11.5 Å². The van der Waals surface area contributed by atoms with Crippen molar-refractivity contribution in [3.05, 3.63) is 41.2 Å². The molecular formula is C19H25N3O3. The van der Waals surface area contributed by atoms with Crippen molar-refractivity contribution >= 4 is 5.91 Å². The van der Waals surface area contributed by atoms with E-state index in [1.165, 1.54) is 0 Å². The first-order chi connectivity index (χ1) is 12.0. The molecule has 6 heteroatoms. The number of aromatic nitrogens is 2. The van der Waals surface area contributed by atoms with Gasteiger partial charge in [-0.2, -0.15) is 5.10 Å². The van der Waals surface area contributed by atoms with Crippen LogP contribution in [0.2, 0.25) is 0 Å². The summed E-state index contributed by atoms with van der Waals surface area (Å²) in [7, 11) is 0. The molecule has 0 saturated carbocycles. The van der Waals surface area contributed by atoms with E-state index < -0.39 is 0 Å². The molecule has 0 saturated heterocycles. The van der Waals surface area contributed by atoms with Crippen LogP contribution >= 0.6 is 0 Å². The Labute approximate surface area is 148 Å². The fourth-order valence-electron chi connectivity index (χ4n) is 2.89. The van der Waals surface area contributed by atoms with Crippen LogP contribution in [-0.2, 0) is 6.54 Å². The van der Waals surface area contributed by atoms with Crippen LogP contribution in [0.5, 0.6) is 11.5 Å². The summed E-state index contributed by atoms with van der Waals surface area (Å²) in [6.45, 7) is 8.75. The van der Waals surface area contributed by atoms with Crippen molar-refractivity contribution in [2.75, 3.05) is 19.8 Å². The molecule has 1 atom stereocenters. The first-order valence-corrected chi connectivity index (χ1v) is 8.72. The molecule has 6 nitrogen and oxygen atoms in total. The van der Waals surface area contributed by atoms with Gasteiger partial charge in [-0.15, -0.1) is 0 Å². The molecule has 2 aromatic rings. The smallest absolute Gasteiger partial charge is 0.251 e. The summed E-state index contributed by atoms with van der Waals surface area (Å²) in [4.78, 5) is 12.4. The lowest BCUT2D eigenvalue weighted by atomic mass is 10.1. The lowest BCUT2D eigenvalue weighted by molar-refractivity contribution is 0.0946. The van der Waals surface area contributed by atoms with E-state index >= 15 is 0 Å². The van der Waals surface area contributed by atoms with Gasteiger partial charge in [-0.05, 0) is 44.0 Å². The highest BCUT2D eigenvalue weighted by Gasteiger charge is 2.15. The van der Waals surface area contributed by atoms with Gasteiger partial charge in [0.05, 0.1) is 18.9 Å². The van der Waals surface area contributed by atoms with Crippen molar-refractivity contribution in [2.24, 2.45) is 5.92 Å². The number of nitrogens with one attached hydrogen (secondary N) is 1. The highest BCUT2D eigenvalue weighted by molar-refractivity contribution is 5.94. The number of benzene rings is 1. The topological polar surface area (TPSA) is 65.4 Å². The van der Waals surface area contributed by atoms with E-state index in [-0.39, 0.29) is 11.8 Å². The van der Waals surface area contributed by atoms with Gasteiger partial charge >= 0.3 is 0 Å². The maximum Gasteiger partial charge on any atom is 0.251 e. The maximum atomic E-state index is 12.4. The Kier molecular flexibility index (Phi) is 5.26. The van der Waals surface area contributed by atoms with Crippen molar-refractivity contribution in [3.8, 4) is 11.5 Å². The van der Waals surface area contributed by atoms with Crippen molar-refractivity contribution in [1.29, 1.82) is 0 Å². The molecule has 1 amide bonds. The van der Waals surface area contributed by atoms with Crippen LogP contribution in [0.15, 0.2) is 24.3 Å². The molecule has 0 spiro atoms. The van der Waals surface area contributed by atoms with Gasteiger partial charge in [0.2, 0.25) is 0 Å². The quantitative estimate of drug-likeness (QED) is 0.906. The van der Waals surface area contributed by atoms with Crippen LogP contribution < -0.4 is 14.8 Å². The fraction of sp³-hybridized carbons (Fsp3) is 0.474. The van der Waals surface area contributed by atoms with E-state index in [0.29, 0.717) is 36.8 Å². The average molecular weight is 343 g/mol. The number of carbonyl (C=O) groups is 1. The molecule has 1 unspecified atom stereocenters. The molecule has 25 heavy (non-hydrogen) atoms. The molecular weight excluding hydrogens is 318 g/mol. The Morgan fingerprint density at radius 3 is 2.72 bits per heavy atom. The third-order valence-corrected chi connectivity index (χ3v) is 4.21. The molecule has 1 aliphatic heterocycles. The minimum absolute atomic E-state index is 0.101. The molecule has 0 fully saturated rings. The number of fused-ring (bicyclic) bond motifs is 1. The van der Waals surface area contributed by atoms with Crippen molar-refractivity contribution < 1.29 is 14.3 Å². The number of nitrogens with zero attached hydrogens (tertiary/aromatic N) is 2. The monoisotopic (exact) mass is 343 g/mol. The van der Waals surface area contributed by atoms with Crippen LogP contribution in [0.1, 0.15) is 35.1 Å². The van der Waals surface area contributed by atoms with Crippen LogP contribution in [0, 0.1) is 19.8 Å². The largest absolute Gasteiger partial charge is 0.490 e. The molecule has 1 aromatic carbocycles. The average Bonchev–Trinajstić information content (AvgIpc) is 2.78. The number of hydrogen-bond donors (Lipinski definition) is 1. The molecule has 0 bridgehead atoms. The Morgan fingerprint density at radius 2 is 2.00 bits per heavy atom. The highest BCUT2D eigenvalue weighted by atomic mass is 16.5. The molecule has 0 radical (unpaired) electrons. The Balaban J connectivity index is 1.57. The summed E-state index contributed by atoms with van der Waals surface area (Å²) in [5.41, 5.74) is 2.74. The second-order valence-electron chi connectivity index (χ2n) is 6.64. The molecule has 1 aliphatic rings. The number of rotatable bonds is 5. The second-order valence-corrected chi connectivity index (χ2v) is 6.64. The van der Waals surface area contributed by atoms with Crippen molar-refractivity contribution in [2.45, 2.75) is 33.7 Å². The molecule has 3 rings (SSSR count). The van der Waals surface area contributed by atoms with E-state index in [0.717, 1.165) is 24.4 Å². The van der Waals surface area contributed by atoms with E-state index in [4.69, 9.17) is 9.47 Å². The summed E-state index contributed by atoms with van der Waals surface area (Å²) in [6, 6.07) is 7.38. The van der Waals surface area contributed by atoms with E-state index in [1.54, 1.807) is 18.2 Å². The van der Waals surface area contributed by atoms with Gasteiger partial charge in [-0.3, -0.25) is 9.48 Å². The Morgan fingerprint density at radius 1 is 1.24 bits per heavy atom. The van der Waals surface area contributed by atoms with Gasteiger partial charge in [0, 0.05) is 30.8 Å². The van der Waals surface area contributed by atoms with Crippen molar-refractivity contribution in [1.82, 2.24) is 15.1 Å². The lowest BCUT2D eigenvalue weighted by Gasteiger charge is -2.14. The van der Waals surface area contributed by atoms with Gasteiger partial charge in [-0.1, -0.05) is 6.92 Å². The van der Waals surface area contributed by atoms with Gasteiger partial charge in [-0.25, -0.2) is 0 Å². The van der Waals surface area contributed by atoms with E-state index in [2.05, 4.69) is 23.4 Å². The van der Waals surface area contributed by atoms with Crippen LogP contribution in [-0.4, -0.2) is 35.4 Å². The maximum absolute atomic E-state index is 12.4. The van der Waals surface area contributed by atoms with E-state index in [1.807, 2.05) is 18.5 Å². The zero-order valence-electron chi connectivity index (χ0n) is 15.0. The van der Waals surface area contributed by atoms with Crippen LogP contribution in [0.3, 0.4) is 0 Å². The van der Waals surface area contributed by atoms with Gasteiger partial charge < -0.3 is 14.8 Å². The first-order valence-electron chi connectivity index (χ1n) is 8.72. The predicted molar refractivity (Wildman–Crippen MR) is 95.2 cm³/mol. The summed E-state index contributed by atoms with van der Waals surface area (Å²) in [5, 5.41) is 7.46. The predicted octanol–water partition coefficient (Wildman–Crippen LogP) is 2.73. The molecule has 1 aromatic heterocycles. The highest BCUT2D eigenvalue weighted by Crippen LogP contribution is 2.30. The van der Waals surface area contributed by atoms with Crippen LogP contribution in [0.4, 0.5) is 0 Å². The standard InChI is InChI=1S/C19H25N3O3/c1-13(12-22-15(3)9-14(2)21-22)11-20-19(23)16-5-6-17-18(10-16)25-8-4-7-24-17/h5-6,9-10,13H,4,7-8,11-12H2,1-3H3,(H,20,23). The summed E-state index contributed by atoms with van der Waals surface area (Å²) >= 11 is 0. The number of carbonyl (C=O) groups excluding carboxylic acids is 1. The minimum Gasteiger partial charge on any atom is -0.490 e. The minimum atomic E-state index is -0.101. The summed E-state index contributed by atoms with van der Waals surface area (Å²) in [5.74, 6) is 1.52. The molecule has 134 valence electrons. The first kappa shape index (κ1) is 17.3. The van der Waals surface area contributed by atoms with E-state index in [9.17, 15) is 4.79 Å². The van der Waals surface area contributed by atoms with Gasteiger partial charge in [0.1, 0.15) is 0 Å². The van der Waals surface area contributed by atoms with Gasteiger partial charge in [0.25, 0.3) is 5.91 Å². The number of aryl methyl sites for hydroxylation is 2. The lowest BCUT2D eigenvalue weighted by Crippen LogP contribution is -2.30. The zero-order chi connectivity index (χ0) is 17.8. The normalized spacial score (nSPS) is 14.7. The second kappa shape index (κ2) is 7.59. The fourth-order valence-corrected chi connectivity index (χ4v) is 2.89.